The number of nitrogens with one attached hydrogen (secondary N) is 1. The number of anilines is 1. The van der Waals surface area contributed by atoms with E-state index in [4.69, 9.17) is 11.6 Å². The van der Waals surface area contributed by atoms with E-state index >= 15 is 0 Å². The summed E-state index contributed by atoms with van der Waals surface area (Å²) >= 11 is 6.22. The van der Waals surface area contributed by atoms with Crippen LogP contribution < -0.4 is 5.32 Å². The smallest absolute Gasteiger partial charge is 0.255 e. The molecule has 5 nitrogen and oxygen atoms in total. The first-order valence-corrected chi connectivity index (χ1v) is 8.13. The van der Waals surface area contributed by atoms with Gasteiger partial charge in [0.1, 0.15) is 17.3 Å². The van der Waals surface area contributed by atoms with Crippen molar-refractivity contribution in [3.63, 3.8) is 0 Å². The van der Waals surface area contributed by atoms with Gasteiger partial charge >= 0.3 is 0 Å². The zero-order valence-electron chi connectivity index (χ0n) is 12.4. The van der Waals surface area contributed by atoms with Crippen molar-refractivity contribution >= 4 is 23.2 Å². The van der Waals surface area contributed by atoms with Gasteiger partial charge in [0.05, 0.1) is 0 Å². The molecule has 2 aromatic rings. The predicted molar refractivity (Wildman–Crippen MR) is 82.6 cm³/mol. The molecule has 4 unspecified atom stereocenters. The maximum atomic E-state index is 6.22. The van der Waals surface area contributed by atoms with Crippen molar-refractivity contribution in [3.05, 3.63) is 17.0 Å². The van der Waals surface area contributed by atoms with Crippen molar-refractivity contribution in [3.8, 4) is 0 Å². The number of hydrogen-bond donors (Lipinski definition) is 1. The zero-order valence-corrected chi connectivity index (χ0v) is 13.1. The van der Waals surface area contributed by atoms with E-state index in [0.717, 1.165) is 29.1 Å². The van der Waals surface area contributed by atoms with E-state index in [0.29, 0.717) is 17.0 Å². The fourth-order valence-electron chi connectivity index (χ4n) is 4.30. The SMILES string of the molecule is Cc1c(Cl)nc2ncnn2c1NC(C)C1CC2CCC1C2. The van der Waals surface area contributed by atoms with Crippen molar-refractivity contribution in [2.75, 3.05) is 5.32 Å². The highest BCUT2D eigenvalue weighted by Gasteiger charge is 2.42. The monoisotopic (exact) mass is 305 g/mol. The van der Waals surface area contributed by atoms with Crippen molar-refractivity contribution in [1.82, 2.24) is 19.6 Å². The Bertz CT molecular complexity index is 682. The molecule has 2 aliphatic carbocycles. The van der Waals surface area contributed by atoms with Crippen LogP contribution in [-0.2, 0) is 0 Å². The van der Waals surface area contributed by atoms with Crippen molar-refractivity contribution in [2.24, 2.45) is 17.8 Å². The van der Waals surface area contributed by atoms with E-state index < -0.39 is 0 Å². The number of fused-ring (bicyclic) bond motifs is 3. The second-order valence-electron chi connectivity index (χ2n) is 6.62. The maximum Gasteiger partial charge on any atom is 0.255 e. The highest BCUT2D eigenvalue weighted by Crippen LogP contribution is 2.49. The Labute approximate surface area is 129 Å². The van der Waals surface area contributed by atoms with Crippen LogP contribution in [0.25, 0.3) is 5.78 Å². The molecule has 0 spiro atoms. The molecule has 2 fully saturated rings. The quantitative estimate of drug-likeness (QED) is 0.884. The molecule has 112 valence electrons. The van der Waals surface area contributed by atoms with Gasteiger partial charge in [-0.1, -0.05) is 18.0 Å². The maximum absolute atomic E-state index is 6.22. The van der Waals surface area contributed by atoms with Gasteiger partial charge in [0.15, 0.2) is 0 Å². The van der Waals surface area contributed by atoms with Crippen LogP contribution in [0.4, 0.5) is 5.82 Å². The summed E-state index contributed by atoms with van der Waals surface area (Å²) in [4.78, 5) is 8.39. The number of halogens is 1. The molecule has 2 bridgehead atoms. The van der Waals surface area contributed by atoms with Gasteiger partial charge in [-0.2, -0.15) is 19.6 Å². The first kappa shape index (κ1) is 13.3. The lowest BCUT2D eigenvalue weighted by atomic mass is 9.84. The molecule has 4 atom stereocenters. The minimum absolute atomic E-state index is 0.421. The minimum atomic E-state index is 0.421. The average Bonchev–Trinajstić information content (AvgIpc) is 3.18. The Morgan fingerprint density at radius 3 is 2.95 bits per heavy atom. The molecule has 1 N–H and O–H groups in total. The minimum Gasteiger partial charge on any atom is -0.367 e. The molecule has 4 rings (SSSR count). The Morgan fingerprint density at radius 1 is 1.38 bits per heavy atom. The summed E-state index contributed by atoms with van der Waals surface area (Å²) in [6.07, 6.45) is 7.13. The van der Waals surface area contributed by atoms with E-state index in [-0.39, 0.29) is 0 Å². The molecular weight excluding hydrogens is 286 g/mol. The highest BCUT2D eigenvalue weighted by atomic mass is 35.5. The van der Waals surface area contributed by atoms with Crippen LogP contribution in [0.5, 0.6) is 0 Å². The third kappa shape index (κ3) is 2.09. The molecule has 0 aromatic carbocycles. The molecule has 0 amide bonds. The molecule has 2 saturated carbocycles. The van der Waals surface area contributed by atoms with E-state index in [1.54, 1.807) is 4.52 Å². The molecule has 0 aliphatic heterocycles. The largest absolute Gasteiger partial charge is 0.367 e. The first-order chi connectivity index (χ1) is 10.1. The molecule has 0 saturated heterocycles. The van der Waals surface area contributed by atoms with Crippen molar-refractivity contribution in [2.45, 2.75) is 45.6 Å². The number of nitrogens with zero attached hydrogens (tertiary/aromatic N) is 4. The van der Waals surface area contributed by atoms with Gasteiger partial charge < -0.3 is 5.32 Å². The average molecular weight is 306 g/mol. The lowest BCUT2D eigenvalue weighted by molar-refractivity contribution is 0.303. The van der Waals surface area contributed by atoms with Crippen LogP contribution in [0.3, 0.4) is 0 Å². The topological polar surface area (TPSA) is 55.1 Å². The first-order valence-electron chi connectivity index (χ1n) is 7.76. The third-order valence-corrected chi connectivity index (χ3v) is 5.77. The Hall–Kier alpha value is -1.36. The molecule has 2 aromatic heterocycles. The van der Waals surface area contributed by atoms with E-state index in [9.17, 15) is 0 Å². The normalized spacial score (nSPS) is 29.2. The van der Waals surface area contributed by atoms with Crippen LogP contribution in [0.2, 0.25) is 5.15 Å². The Kier molecular flexibility index (Phi) is 3.06. The summed E-state index contributed by atoms with van der Waals surface area (Å²) in [7, 11) is 0. The lowest BCUT2D eigenvalue weighted by Crippen LogP contribution is -2.31. The number of rotatable bonds is 3. The number of aromatic nitrogens is 4. The second-order valence-corrected chi connectivity index (χ2v) is 6.98. The van der Waals surface area contributed by atoms with E-state index in [1.165, 1.54) is 32.0 Å². The van der Waals surface area contributed by atoms with Gasteiger partial charge in [-0.25, -0.2) is 0 Å². The molecule has 2 aliphatic rings. The van der Waals surface area contributed by atoms with Crippen LogP contribution in [0.15, 0.2) is 6.33 Å². The molecule has 0 radical (unpaired) electrons. The summed E-state index contributed by atoms with van der Waals surface area (Å²) in [6.45, 7) is 4.26. The third-order valence-electron chi connectivity index (χ3n) is 5.40. The summed E-state index contributed by atoms with van der Waals surface area (Å²) in [5.74, 6) is 4.08. The molecular formula is C15H20ClN5. The summed E-state index contributed by atoms with van der Waals surface area (Å²) in [5.41, 5.74) is 0.935. The highest BCUT2D eigenvalue weighted by molar-refractivity contribution is 6.30. The van der Waals surface area contributed by atoms with Gasteiger partial charge in [-0.15, -0.1) is 0 Å². The fourth-order valence-corrected chi connectivity index (χ4v) is 4.46. The van der Waals surface area contributed by atoms with E-state index in [1.807, 2.05) is 6.92 Å². The fraction of sp³-hybridized carbons (Fsp3) is 0.667. The standard InChI is InChI=1S/C15H20ClN5/c1-8-13(16)20-15-17-7-18-21(15)14(8)19-9(2)12-6-10-3-4-11(12)5-10/h7,9-12,19H,3-6H2,1-2H3. The van der Waals surface area contributed by atoms with Crippen molar-refractivity contribution in [1.29, 1.82) is 0 Å². The van der Waals surface area contributed by atoms with Gasteiger partial charge in [0.2, 0.25) is 0 Å². The Morgan fingerprint density at radius 2 is 2.24 bits per heavy atom. The van der Waals surface area contributed by atoms with Crippen LogP contribution in [0, 0.1) is 24.7 Å². The zero-order chi connectivity index (χ0) is 14.6. The molecule has 2 heterocycles. The van der Waals surface area contributed by atoms with Gasteiger partial charge in [0, 0.05) is 11.6 Å². The van der Waals surface area contributed by atoms with Crippen LogP contribution in [0.1, 0.15) is 38.2 Å². The molecule has 21 heavy (non-hydrogen) atoms. The molecule has 6 heteroatoms. The Balaban J connectivity index is 1.64. The summed E-state index contributed by atoms with van der Waals surface area (Å²) in [5, 5.41) is 8.41. The van der Waals surface area contributed by atoms with Gasteiger partial charge in [-0.3, -0.25) is 0 Å². The van der Waals surface area contributed by atoms with Gasteiger partial charge in [-0.05, 0) is 50.9 Å². The van der Waals surface area contributed by atoms with E-state index in [2.05, 4.69) is 27.3 Å². The van der Waals surface area contributed by atoms with Gasteiger partial charge in [0.25, 0.3) is 5.78 Å². The summed E-state index contributed by atoms with van der Waals surface area (Å²) in [6, 6.07) is 0.421. The van der Waals surface area contributed by atoms with Crippen molar-refractivity contribution < 1.29 is 0 Å². The summed E-state index contributed by atoms with van der Waals surface area (Å²) < 4.78 is 1.75. The number of hydrogen-bond acceptors (Lipinski definition) is 4. The predicted octanol–water partition coefficient (Wildman–Crippen LogP) is 3.32. The lowest BCUT2D eigenvalue weighted by Gasteiger charge is -2.29. The van der Waals surface area contributed by atoms with Crippen LogP contribution >= 0.6 is 11.6 Å². The van der Waals surface area contributed by atoms with Crippen LogP contribution in [-0.4, -0.2) is 25.6 Å². The second kappa shape index (κ2) is 4.83.